The van der Waals surface area contributed by atoms with Gasteiger partial charge in [0.15, 0.2) is 6.73 Å². The van der Waals surface area contributed by atoms with Crippen molar-refractivity contribution < 1.29 is 23.7 Å². The van der Waals surface area contributed by atoms with Gasteiger partial charge in [0.1, 0.15) is 6.61 Å². The molecular weight excluding hydrogens is 424 g/mol. The molecule has 180 valence electrons. The maximum Gasteiger partial charge on any atom is 0.412 e. The van der Waals surface area contributed by atoms with Gasteiger partial charge in [-0.1, -0.05) is 32.9 Å². The molecule has 0 saturated heterocycles. The zero-order valence-electron chi connectivity index (χ0n) is 20.2. The smallest absolute Gasteiger partial charge is 0.412 e. The molecule has 9 nitrogen and oxygen atoms in total. The van der Waals surface area contributed by atoms with Gasteiger partial charge in [0.2, 0.25) is 11.7 Å². The number of benzene rings is 1. The first-order valence-corrected chi connectivity index (χ1v) is 11.4. The van der Waals surface area contributed by atoms with Crippen LogP contribution in [0.5, 0.6) is 5.88 Å². The highest BCUT2D eigenvalue weighted by atomic mass is 16.6. The van der Waals surface area contributed by atoms with Gasteiger partial charge in [0, 0.05) is 19.7 Å². The van der Waals surface area contributed by atoms with Crippen molar-refractivity contribution in [2.24, 2.45) is 0 Å². The fourth-order valence-corrected chi connectivity index (χ4v) is 3.55. The molecule has 0 bridgehead atoms. The van der Waals surface area contributed by atoms with Crippen LogP contribution in [0.1, 0.15) is 44.4 Å². The molecular formula is C24H34N4O5. The first-order chi connectivity index (χ1) is 16.0. The van der Waals surface area contributed by atoms with E-state index >= 15 is 0 Å². The van der Waals surface area contributed by atoms with Crippen LogP contribution < -0.4 is 4.74 Å². The fourth-order valence-electron chi connectivity index (χ4n) is 3.55. The number of aromatic nitrogens is 3. The monoisotopic (exact) mass is 458 g/mol. The van der Waals surface area contributed by atoms with E-state index in [1.165, 1.54) is 4.90 Å². The molecule has 1 unspecified atom stereocenters. The quantitative estimate of drug-likeness (QED) is 0.299. The Bertz CT molecular complexity index is 1070. The predicted octanol–water partition coefficient (Wildman–Crippen LogP) is 4.03. The molecule has 33 heavy (non-hydrogen) atoms. The lowest BCUT2D eigenvalue weighted by Crippen LogP contribution is -2.32. The number of ether oxygens (including phenoxy) is 4. The number of carbonyl (C=O) groups excluding carboxylic acids is 1. The first kappa shape index (κ1) is 24.7. The maximum absolute atomic E-state index is 12.4. The second-order valence-electron chi connectivity index (χ2n) is 7.87. The van der Waals surface area contributed by atoms with E-state index in [2.05, 4.69) is 20.8 Å². The Morgan fingerprint density at radius 3 is 2.61 bits per heavy atom. The summed E-state index contributed by atoms with van der Waals surface area (Å²) in [5.41, 5.74) is 3.77. The van der Waals surface area contributed by atoms with Crippen molar-refractivity contribution >= 4 is 22.9 Å². The molecule has 1 atom stereocenters. The molecule has 0 fully saturated rings. The molecule has 0 aliphatic carbocycles. The Labute approximate surface area is 194 Å². The summed E-state index contributed by atoms with van der Waals surface area (Å²) in [7, 11) is 3.25. The molecule has 2 aromatic heterocycles. The van der Waals surface area contributed by atoms with Crippen molar-refractivity contribution in [2.75, 3.05) is 47.3 Å². The zero-order chi connectivity index (χ0) is 23.8. The third kappa shape index (κ3) is 5.72. The molecule has 0 aliphatic heterocycles. The summed E-state index contributed by atoms with van der Waals surface area (Å²) in [6, 6.07) is 7.87. The average Bonchev–Trinajstić information content (AvgIpc) is 3.21. The van der Waals surface area contributed by atoms with Crippen LogP contribution in [0, 0.1) is 0 Å². The Kier molecular flexibility index (Phi) is 8.85. The fraction of sp³-hybridized carbons (Fsp3) is 0.542. The van der Waals surface area contributed by atoms with Crippen molar-refractivity contribution in [1.29, 1.82) is 0 Å². The summed E-state index contributed by atoms with van der Waals surface area (Å²) >= 11 is 0. The number of hydrogen-bond donors (Lipinski definition) is 0. The number of imidazole rings is 1. The number of hydrogen-bond acceptors (Lipinski definition) is 7. The number of amides is 1. The van der Waals surface area contributed by atoms with Gasteiger partial charge in [-0.05, 0) is 30.9 Å². The van der Waals surface area contributed by atoms with E-state index in [1.807, 2.05) is 28.7 Å². The van der Waals surface area contributed by atoms with E-state index in [9.17, 15) is 4.79 Å². The largest absolute Gasteiger partial charge is 0.457 e. The molecule has 0 radical (unpaired) electrons. The minimum absolute atomic E-state index is 0.0297. The highest BCUT2D eigenvalue weighted by Crippen LogP contribution is 2.32. The summed E-state index contributed by atoms with van der Waals surface area (Å²) in [6.45, 7) is 7.85. The van der Waals surface area contributed by atoms with Gasteiger partial charge < -0.3 is 18.9 Å². The SMILES string of the molecule is CCc1c(C(C)CC)nc2nc3ccccc3n2c1OCN(C)C(=O)OCCOCCOC. The first-order valence-electron chi connectivity index (χ1n) is 11.4. The molecule has 3 aromatic rings. The van der Waals surface area contributed by atoms with Crippen molar-refractivity contribution in [3.8, 4) is 5.88 Å². The van der Waals surface area contributed by atoms with E-state index in [1.54, 1.807) is 14.2 Å². The van der Waals surface area contributed by atoms with Crippen LogP contribution in [0.15, 0.2) is 24.3 Å². The molecule has 2 heterocycles. The summed E-state index contributed by atoms with van der Waals surface area (Å²) < 4.78 is 23.7. The Balaban J connectivity index is 1.81. The standard InChI is InChI=1S/C24H34N4O5/c1-6-17(3)21-18(7-2)22(28-20-11-9-8-10-19(20)25-23(28)26-21)33-16-27(4)24(29)32-15-14-31-13-12-30-5/h8-11,17H,6-7,12-16H2,1-5H3. The molecule has 1 aromatic carbocycles. The van der Waals surface area contributed by atoms with Gasteiger partial charge in [0.05, 0.1) is 36.5 Å². The number of nitrogens with zero attached hydrogens (tertiary/aromatic N) is 4. The van der Waals surface area contributed by atoms with Crippen LogP contribution in [0.3, 0.4) is 0 Å². The predicted molar refractivity (Wildman–Crippen MR) is 126 cm³/mol. The van der Waals surface area contributed by atoms with Gasteiger partial charge in [-0.25, -0.2) is 19.2 Å². The van der Waals surface area contributed by atoms with Crippen molar-refractivity contribution in [3.05, 3.63) is 35.5 Å². The molecule has 0 spiro atoms. The Hall–Kier alpha value is -2.91. The number of para-hydroxylation sites is 2. The van der Waals surface area contributed by atoms with E-state index in [4.69, 9.17) is 28.9 Å². The number of carbonyl (C=O) groups is 1. The van der Waals surface area contributed by atoms with Crippen molar-refractivity contribution in [2.45, 2.75) is 39.5 Å². The number of methoxy groups -OCH3 is 1. The molecule has 0 saturated carbocycles. The second-order valence-corrected chi connectivity index (χ2v) is 7.87. The van der Waals surface area contributed by atoms with Gasteiger partial charge in [0.25, 0.3) is 0 Å². The molecule has 0 N–H and O–H groups in total. The summed E-state index contributed by atoms with van der Waals surface area (Å²) in [5, 5.41) is 0. The molecule has 9 heteroatoms. The van der Waals surface area contributed by atoms with Crippen molar-refractivity contribution in [3.63, 3.8) is 0 Å². The highest BCUT2D eigenvalue weighted by Gasteiger charge is 2.22. The summed E-state index contributed by atoms with van der Waals surface area (Å²) in [5.74, 6) is 1.51. The van der Waals surface area contributed by atoms with Crippen LogP contribution in [0.4, 0.5) is 4.79 Å². The molecule has 3 rings (SSSR count). The van der Waals surface area contributed by atoms with Crippen LogP contribution in [0.25, 0.3) is 16.8 Å². The minimum Gasteiger partial charge on any atom is -0.457 e. The lowest BCUT2D eigenvalue weighted by Gasteiger charge is -2.22. The van der Waals surface area contributed by atoms with Gasteiger partial charge in [-0.2, -0.15) is 0 Å². The van der Waals surface area contributed by atoms with E-state index in [0.717, 1.165) is 35.1 Å². The van der Waals surface area contributed by atoms with E-state index < -0.39 is 6.09 Å². The topological polar surface area (TPSA) is 87.4 Å². The van der Waals surface area contributed by atoms with E-state index in [0.29, 0.717) is 31.5 Å². The lowest BCUT2D eigenvalue weighted by molar-refractivity contribution is 0.0287. The van der Waals surface area contributed by atoms with Gasteiger partial charge in [-0.3, -0.25) is 4.90 Å². The van der Waals surface area contributed by atoms with Crippen LogP contribution >= 0.6 is 0 Å². The van der Waals surface area contributed by atoms with Crippen LogP contribution in [-0.4, -0.2) is 72.7 Å². The zero-order valence-corrected chi connectivity index (χ0v) is 20.2. The Morgan fingerprint density at radius 2 is 1.88 bits per heavy atom. The third-order valence-corrected chi connectivity index (χ3v) is 5.56. The van der Waals surface area contributed by atoms with Crippen LogP contribution in [-0.2, 0) is 20.6 Å². The normalized spacial score (nSPS) is 12.3. The summed E-state index contributed by atoms with van der Waals surface area (Å²) in [6.07, 6.45) is 1.22. The lowest BCUT2D eigenvalue weighted by atomic mass is 9.99. The molecule has 0 aliphatic rings. The minimum atomic E-state index is -0.480. The third-order valence-electron chi connectivity index (χ3n) is 5.56. The maximum atomic E-state index is 12.4. The van der Waals surface area contributed by atoms with Crippen molar-refractivity contribution in [1.82, 2.24) is 19.3 Å². The summed E-state index contributed by atoms with van der Waals surface area (Å²) in [4.78, 5) is 23.4. The van der Waals surface area contributed by atoms with E-state index in [-0.39, 0.29) is 19.3 Å². The average molecular weight is 459 g/mol. The second kappa shape index (κ2) is 11.8. The van der Waals surface area contributed by atoms with Gasteiger partial charge in [-0.15, -0.1) is 0 Å². The Morgan fingerprint density at radius 1 is 1.12 bits per heavy atom. The van der Waals surface area contributed by atoms with Crippen LogP contribution in [0.2, 0.25) is 0 Å². The highest BCUT2D eigenvalue weighted by molar-refractivity contribution is 5.80. The number of fused-ring (bicyclic) bond motifs is 3. The molecule has 1 amide bonds. The number of rotatable bonds is 12. The van der Waals surface area contributed by atoms with Gasteiger partial charge >= 0.3 is 6.09 Å².